The van der Waals surface area contributed by atoms with Gasteiger partial charge < -0.3 is 10.2 Å². The summed E-state index contributed by atoms with van der Waals surface area (Å²) in [6.45, 7) is 0.872. The molecule has 0 aliphatic rings. The molecular weight excluding hydrogens is 309 g/mol. The second-order valence-corrected chi connectivity index (χ2v) is 6.88. The molecule has 0 radical (unpaired) electrons. The molecule has 2 aromatic rings. The number of hydrogen-bond donors (Lipinski definition) is 1. The fourth-order valence-corrected chi connectivity index (χ4v) is 3.13. The lowest BCUT2D eigenvalue weighted by Gasteiger charge is -2.00. The monoisotopic (exact) mass is 328 g/mol. The molecule has 1 aromatic heterocycles. The predicted molar refractivity (Wildman–Crippen MR) is 76.9 cm³/mol. The molecule has 0 unspecified atom stereocenters. The first-order valence-electron chi connectivity index (χ1n) is 7.10. The van der Waals surface area contributed by atoms with Crippen molar-refractivity contribution in [2.75, 3.05) is 6.54 Å². The highest BCUT2D eigenvalue weighted by Gasteiger charge is 2.23. The molecule has 3 N–H and O–H groups in total. The van der Waals surface area contributed by atoms with Gasteiger partial charge in [0.05, 0.1) is 12.3 Å². The first-order chi connectivity index (χ1) is 10.5. The van der Waals surface area contributed by atoms with E-state index in [4.69, 9.17) is 4.42 Å². The van der Waals surface area contributed by atoms with Crippen LogP contribution in [0, 0.1) is 5.82 Å². The van der Waals surface area contributed by atoms with Gasteiger partial charge in [0.25, 0.3) is 0 Å². The van der Waals surface area contributed by atoms with Gasteiger partial charge >= 0.3 is 5.22 Å². The Morgan fingerprint density at radius 1 is 1.18 bits per heavy atom. The van der Waals surface area contributed by atoms with Gasteiger partial charge in [-0.1, -0.05) is 17.2 Å². The van der Waals surface area contributed by atoms with E-state index in [0.29, 0.717) is 17.9 Å². The molecule has 0 spiro atoms. The molecule has 2 rings (SSSR count). The highest BCUT2D eigenvalue weighted by Crippen LogP contribution is 2.17. The van der Waals surface area contributed by atoms with Crippen LogP contribution in [0.3, 0.4) is 0 Å². The quantitative estimate of drug-likeness (QED) is 0.732. The van der Waals surface area contributed by atoms with Crippen molar-refractivity contribution < 1.29 is 23.0 Å². The largest absolute Gasteiger partial charge is 0.413 e. The number of quaternary nitrogens is 1. The molecule has 0 saturated heterocycles. The van der Waals surface area contributed by atoms with Gasteiger partial charge in [-0.15, -0.1) is 5.10 Å². The summed E-state index contributed by atoms with van der Waals surface area (Å²) >= 11 is 0. The van der Waals surface area contributed by atoms with E-state index in [1.165, 1.54) is 24.3 Å². The van der Waals surface area contributed by atoms with E-state index in [2.05, 4.69) is 15.9 Å². The second-order valence-electron chi connectivity index (χ2n) is 5.01. The average molecular weight is 328 g/mol. The maximum Gasteiger partial charge on any atom is 0.335 e. The maximum absolute atomic E-state index is 13.1. The van der Waals surface area contributed by atoms with E-state index in [-0.39, 0.29) is 5.75 Å². The zero-order valence-electron chi connectivity index (χ0n) is 12.2. The minimum atomic E-state index is -3.76. The smallest absolute Gasteiger partial charge is 0.335 e. The number of unbranched alkanes of at least 4 members (excludes halogenated alkanes) is 2. The summed E-state index contributed by atoms with van der Waals surface area (Å²) in [6.07, 6.45) is 3.39. The molecule has 8 heteroatoms. The van der Waals surface area contributed by atoms with Crippen molar-refractivity contribution in [3.8, 4) is 0 Å². The van der Waals surface area contributed by atoms with Crippen molar-refractivity contribution in [3.05, 3.63) is 41.5 Å². The summed E-state index contributed by atoms with van der Waals surface area (Å²) in [6, 6.07) is 5.43. The van der Waals surface area contributed by atoms with Gasteiger partial charge in [0, 0.05) is 6.42 Å². The van der Waals surface area contributed by atoms with Crippen molar-refractivity contribution in [1.29, 1.82) is 0 Å². The summed E-state index contributed by atoms with van der Waals surface area (Å²) in [5.41, 5.74) is 4.10. The number of aryl methyl sites for hydroxylation is 1. The summed E-state index contributed by atoms with van der Waals surface area (Å²) in [5.74, 6) is -0.542. The van der Waals surface area contributed by atoms with Crippen molar-refractivity contribution in [2.24, 2.45) is 0 Å². The molecular formula is C14H19FN3O3S+. The Labute approximate surface area is 128 Å². The number of hydrogen-bond acceptors (Lipinski definition) is 5. The number of aromatic nitrogens is 2. The Bertz CT molecular complexity index is 716. The number of halogens is 1. The van der Waals surface area contributed by atoms with Crippen molar-refractivity contribution in [2.45, 2.75) is 36.7 Å². The third-order valence-corrected chi connectivity index (χ3v) is 4.51. The Hall–Kier alpha value is -1.80. The molecule has 0 bridgehead atoms. The van der Waals surface area contributed by atoms with E-state index in [9.17, 15) is 12.8 Å². The molecule has 6 nitrogen and oxygen atoms in total. The summed E-state index contributed by atoms with van der Waals surface area (Å²) in [7, 11) is -3.76. The first-order valence-corrected chi connectivity index (χ1v) is 8.75. The predicted octanol–water partition coefficient (Wildman–Crippen LogP) is 1.14. The maximum atomic E-state index is 13.1. The van der Waals surface area contributed by atoms with Crippen LogP contribution in [0.1, 0.15) is 30.7 Å². The fourth-order valence-electron chi connectivity index (χ4n) is 2.00. The Balaban J connectivity index is 2.02. The van der Waals surface area contributed by atoms with Crippen LogP contribution in [0.25, 0.3) is 0 Å². The van der Waals surface area contributed by atoms with Crippen LogP contribution >= 0.6 is 0 Å². The van der Waals surface area contributed by atoms with E-state index in [0.717, 1.165) is 25.8 Å². The molecule has 22 heavy (non-hydrogen) atoms. The first kappa shape index (κ1) is 16.6. The van der Waals surface area contributed by atoms with Crippen molar-refractivity contribution in [1.82, 2.24) is 10.2 Å². The highest BCUT2D eigenvalue weighted by atomic mass is 32.2. The van der Waals surface area contributed by atoms with Gasteiger partial charge in [-0.25, -0.2) is 12.8 Å². The third kappa shape index (κ3) is 4.60. The summed E-state index contributed by atoms with van der Waals surface area (Å²) in [4.78, 5) is 0. The van der Waals surface area contributed by atoms with Gasteiger partial charge in [0.2, 0.25) is 15.7 Å². The van der Waals surface area contributed by atoms with Gasteiger partial charge in [0.1, 0.15) is 5.82 Å². The molecule has 1 heterocycles. The van der Waals surface area contributed by atoms with Crippen LogP contribution < -0.4 is 5.73 Å². The number of benzene rings is 1. The van der Waals surface area contributed by atoms with Crippen LogP contribution in [0.5, 0.6) is 0 Å². The SMILES string of the molecule is [NH3+]CCCCCc1nnc(S(=O)(=O)Cc2cccc(F)c2)o1. The standard InChI is InChI=1S/C14H18FN3O3S/c15-12-6-4-5-11(9-12)10-22(19,20)14-18-17-13(21-14)7-2-1-3-8-16/h4-6,9H,1-3,7-8,10,16H2/p+1. The van der Waals surface area contributed by atoms with Gasteiger partial charge in [-0.3, -0.25) is 0 Å². The lowest BCUT2D eigenvalue weighted by Crippen LogP contribution is -2.50. The van der Waals surface area contributed by atoms with Gasteiger partial charge in [0.15, 0.2) is 0 Å². The van der Waals surface area contributed by atoms with E-state index in [1.807, 2.05) is 0 Å². The van der Waals surface area contributed by atoms with Gasteiger partial charge in [-0.05, 0) is 37.0 Å². The zero-order chi connectivity index (χ0) is 16.0. The summed E-state index contributed by atoms with van der Waals surface area (Å²) < 4.78 is 42.7. The number of rotatable bonds is 8. The van der Waals surface area contributed by atoms with Crippen LogP contribution in [0.15, 0.2) is 33.9 Å². The van der Waals surface area contributed by atoms with E-state index < -0.39 is 20.9 Å². The molecule has 0 saturated carbocycles. The minimum Gasteiger partial charge on any atom is -0.413 e. The van der Waals surface area contributed by atoms with Crippen molar-refractivity contribution >= 4 is 9.84 Å². The average Bonchev–Trinajstić information content (AvgIpc) is 2.93. The third-order valence-electron chi connectivity index (χ3n) is 3.10. The normalized spacial score (nSPS) is 11.7. The van der Waals surface area contributed by atoms with Crippen LogP contribution in [-0.2, 0) is 22.0 Å². The second kappa shape index (κ2) is 7.46. The molecule has 0 atom stereocenters. The molecule has 0 aliphatic carbocycles. The molecule has 0 aliphatic heterocycles. The molecule has 1 aromatic carbocycles. The fraction of sp³-hybridized carbons (Fsp3) is 0.429. The Kier molecular flexibility index (Phi) is 5.62. The van der Waals surface area contributed by atoms with Crippen molar-refractivity contribution in [3.63, 3.8) is 0 Å². The van der Waals surface area contributed by atoms with Crippen LogP contribution in [-0.4, -0.2) is 25.2 Å². The molecule has 0 fully saturated rings. The Morgan fingerprint density at radius 2 is 2.00 bits per heavy atom. The minimum absolute atomic E-state index is 0.307. The van der Waals surface area contributed by atoms with Gasteiger partial charge in [-0.2, -0.15) is 0 Å². The number of sulfone groups is 1. The van der Waals surface area contributed by atoms with E-state index >= 15 is 0 Å². The number of nitrogens with zero attached hydrogens (tertiary/aromatic N) is 2. The molecule has 0 amide bonds. The van der Waals surface area contributed by atoms with Crippen LogP contribution in [0.4, 0.5) is 4.39 Å². The Morgan fingerprint density at radius 3 is 2.73 bits per heavy atom. The lowest BCUT2D eigenvalue weighted by molar-refractivity contribution is -0.368. The lowest BCUT2D eigenvalue weighted by atomic mass is 10.2. The summed E-state index contributed by atoms with van der Waals surface area (Å²) in [5, 5.41) is 6.94. The molecule has 120 valence electrons. The van der Waals surface area contributed by atoms with Crippen LogP contribution in [0.2, 0.25) is 0 Å². The van der Waals surface area contributed by atoms with E-state index in [1.54, 1.807) is 0 Å². The topological polar surface area (TPSA) is 101 Å². The highest BCUT2D eigenvalue weighted by molar-refractivity contribution is 7.90. The zero-order valence-corrected chi connectivity index (χ0v) is 13.0.